The molecule has 1 atom stereocenters. The van der Waals surface area contributed by atoms with Gasteiger partial charge in [0.05, 0.1) is 12.6 Å². The average molecular weight is 222 g/mol. The molecular weight excluding hydrogens is 205 g/mol. The first kappa shape index (κ1) is 11.2. The maximum atomic E-state index is 13.6. The molecule has 0 amide bonds. The molecule has 0 saturated carbocycles. The first-order chi connectivity index (χ1) is 7.09. The van der Waals surface area contributed by atoms with Gasteiger partial charge in [-0.05, 0) is 25.8 Å². The van der Waals surface area contributed by atoms with Gasteiger partial charge in [-0.25, -0.2) is 13.2 Å². The molecule has 0 spiro atoms. The normalized spacial score (nSPS) is 34.2. The molecule has 0 bridgehead atoms. The zero-order valence-electron chi connectivity index (χ0n) is 8.69. The van der Waals surface area contributed by atoms with Crippen LogP contribution in [0.15, 0.2) is 0 Å². The van der Waals surface area contributed by atoms with Gasteiger partial charge in [0.2, 0.25) is 0 Å². The molecule has 1 N–H and O–H groups in total. The van der Waals surface area contributed by atoms with Gasteiger partial charge in [-0.15, -0.1) is 0 Å². The molecule has 1 unspecified atom stereocenters. The summed E-state index contributed by atoms with van der Waals surface area (Å²) in [5.74, 6) is -2.67. The number of alkyl halides is 3. The van der Waals surface area contributed by atoms with Gasteiger partial charge in [-0.2, -0.15) is 0 Å². The zero-order chi connectivity index (χ0) is 10.9. The summed E-state index contributed by atoms with van der Waals surface area (Å²) in [6.45, 7) is 1.34. The maximum absolute atomic E-state index is 13.6. The van der Waals surface area contributed by atoms with Crippen LogP contribution in [0.1, 0.15) is 19.3 Å². The Bertz CT molecular complexity index is 215. The molecule has 2 nitrogen and oxygen atoms in total. The second-order valence-corrected chi connectivity index (χ2v) is 4.45. The van der Waals surface area contributed by atoms with Gasteiger partial charge >= 0.3 is 0 Å². The Kier molecular flexibility index (Phi) is 3.21. The Morgan fingerprint density at radius 3 is 2.40 bits per heavy atom. The van der Waals surface area contributed by atoms with Gasteiger partial charge in [0.15, 0.2) is 0 Å². The summed E-state index contributed by atoms with van der Waals surface area (Å²) in [6, 6.07) is -0.689. The van der Waals surface area contributed by atoms with Gasteiger partial charge < -0.3 is 5.32 Å². The van der Waals surface area contributed by atoms with Gasteiger partial charge in [-0.1, -0.05) is 0 Å². The van der Waals surface area contributed by atoms with Crippen LogP contribution in [0.2, 0.25) is 0 Å². The monoisotopic (exact) mass is 222 g/mol. The molecule has 5 heteroatoms. The summed E-state index contributed by atoms with van der Waals surface area (Å²) >= 11 is 0. The van der Waals surface area contributed by atoms with E-state index in [9.17, 15) is 13.2 Å². The van der Waals surface area contributed by atoms with Crippen LogP contribution in [-0.2, 0) is 0 Å². The van der Waals surface area contributed by atoms with E-state index in [-0.39, 0.29) is 6.54 Å². The number of nitrogens with one attached hydrogen (secondary N) is 1. The summed E-state index contributed by atoms with van der Waals surface area (Å²) in [5.41, 5.74) is 0. The number of halogens is 3. The van der Waals surface area contributed by atoms with E-state index in [0.717, 1.165) is 0 Å². The van der Waals surface area contributed by atoms with E-state index < -0.39 is 18.1 Å². The van der Waals surface area contributed by atoms with E-state index in [4.69, 9.17) is 0 Å². The highest BCUT2D eigenvalue weighted by Crippen LogP contribution is 2.30. The third-order valence-corrected chi connectivity index (χ3v) is 3.34. The van der Waals surface area contributed by atoms with Crippen LogP contribution in [0.4, 0.5) is 13.2 Å². The number of likely N-dealkylation sites (tertiary alicyclic amines) is 1. The fourth-order valence-corrected chi connectivity index (χ4v) is 2.45. The van der Waals surface area contributed by atoms with Crippen molar-refractivity contribution in [1.29, 1.82) is 0 Å². The Morgan fingerprint density at radius 1 is 1.13 bits per heavy atom. The lowest BCUT2D eigenvalue weighted by Crippen LogP contribution is -2.58. The molecule has 88 valence electrons. The van der Waals surface area contributed by atoms with E-state index in [1.807, 2.05) is 0 Å². The Morgan fingerprint density at radius 2 is 1.80 bits per heavy atom. The highest BCUT2D eigenvalue weighted by Gasteiger charge is 2.45. The van der Waals surface area contributed by atoms with Crippen LogP contribution in [0, 0.1) is 0 Å². The molecule has 2 heterocycles. The molecule has 0 aromatic heterocycles. The molecule has 0 aromatic carbocycles. The molecule has 2 aliphatic heterocycles. The molecule has 2 aliphatic rings. The average Bonchev–Trinajstić information content (AvgIpc) is 2.19. The largest absolute Gasteiger partial charge is 0.311 e. The van der Waals surface area contributed by atoms with Crippen LogP contribution in [0.25, 0.3) is 0 Å². The molecule has 2 saturated heterocycles. The van der Waals surface area contributed by atoms with E-state index in [2.05, 4.69) is 5.32 Å². The summed E-state index contributed by atoms with van der Waals surface area (Å²) < 4.78 is 40.0. The highest BCUT2D eigenvalue weighted by atomic mass is 19.3. The van der Waals surface area contributed by atoms with E-state index >= 15 is 0 Å². The fraction of sp³-hybridized carbons (Fsp3) is 1.00. The summed E-state index contributed by atoms with van der Waals surface area (Å²) in [5, 5.41) is 2.70. The van der Waals surface area contributed by atoms with Crippen LogP contribution >= 0.6 is 0 Å². The minimum absolute atomic E-state index is 0.243. The topological polar surface area (TPSA) is 15.3 Å². The standard InChI is InChI=1S/C10H17F3N2/c11-8-2-5-15(6-3-8)9-1-4-14-7-10(9,12)13/h8-9,14H,1-7H2. The zero-order valence-corrected chi connectivity index (χ0v) is 8.69. The minimum atomic E-state index is -2.67. The predicted molar refractivity (Wildman–Crippen MR) is 51.9 cm³/mol. The van der Waals surface area contributed by atoms with Crippen molar-refractivity contribution in [2.75, 3.05) is 26.2 Å². The highest BCUT2D eigenvalue weighted by molar-refractivity contribution is 4.93. The van der Waals surface area contributed by atoms with Crippen molar-refractivity contribution in [3.8, 4) is 0 Å². The van der Waals surface area contributed by atoms with Crippen LogP contribution < -0.4 is 5.32 Å². The molecule has 0 aromatic rings. The smallest absolute Gasteiger partial charge is 0.275 e. The van der Waals surface area contributed by atoms with Gasteiger partial charge in [0, 0.05) is 13.1 Å². The van der Waals surface area contributed by atoms with Gasteiger partial charge in [0.25, 0.3) is 5.92 Å². The van der Waals surface area contributed by atoms with Crippen molar-refractivity contribution >= 4 is 0 Å². The summed E-state index contributed by atoms with van der Waals surface area (Å²) in [4.78, 5) is 1.76. The van der Waals surface area contributed by atoms with E-state index in [1.165, 1.54) is 0 Å². The minimum Gasteiger partial charge on any atom is -0.311 e. The third-order valence-electron chi connectivity index (χ3n) is 3.34. The Labute approximate surface area is 87.8 Å². The number of rotatable bonds is 1. The molecule has 0 radical (unpaired) electrons. The molecule has 2 rings (SSSR count). The molecular formula is C10H17F3N2. The SMILES string of the molecule is FC1CCN(C2CCNCC2(F)F)CC1. The van der Waals surface area contributed by atoms with Gasteiger partial charge in [0.1, 0.15) is 6.17 Å². The van der Waals surface area contributed by atoms with Crippen molar-refractivity contribution in [3.63, 3.8) is 0 Å². The van der Waals surface area contributed by atoms with Crippen LogP contribution in [0.3, 0.4) is 0 Å². The predicted octanol–water partition coefficient (Wildman–Crippen LogP) is 1.42. The van der Waals surface area contributed by atoms with E-state index in [1.54, 1.807) is 4.90 Å². The van der Waals surface area contributed by atoms with Crippen molar-refractivity contribution in [2.45, 2.75) is 37.4 Å². The first-order valence-electron chi connectivity index (χ1n) is 5.56. The Balaban J connectivity index is 1.96. The number of hydrogen-bond donors (Lipinski definition) is 1. The molecule has 15 heavy (non-hydrogen) atoms. The van der Waals surface area contributed by atoms with Crippen molar-refractivity contribution in [1.82, 2.24) is 10.2 Å². The summed E-state index contributed by atoms with van der Waals surface area (Å²) in [6.07, 6.45) is 0.473. The Hall–Kier alpha value is -0.290. The van der Waals surface area contributed by atoms with Crippen LogP contribution in [0.5, 0.6) is 0 Å². The lowest BCUT2D eigenvalue weighted by Gasteiger charge is -2.42. The molecule has 2 fully saturated rings. The van der Waals surface area contributed by atoms with E-state index in [0.29, 0.717) is 38.9 Å². The number of hydrogen-bond acceptors (Lipinski definition) is 2. The fourth-order valence-electron chi connectivity index (χ4n) is 2.45. The van der Waals surface area contributed by atoms with Crippen molar-refractivity contribution < 1.29 is 13.2 Å². The lowest BCUT2D eigenvalue weighted by atomic mass is 9.97. The summed E-state index contributed by atoms with van der Waals surface area (Å²) in [7, 11) is 0. The number of piperidine rings is 2. The molecule has 0 aliphatic carbocycles. The van der Waals surface area contributed by atoms with Crippen molar-refractivity contribution in [3.05, 3.63) is 0 Å². The second kappa shape index (κ2) is 4.29. The number of nitrogens with zero attached hydrogens (tertiary/aromatic N) is 1. The van der Waals surface area contributed by atoms with Gasteiger partial charge in [-0.3, -0.25) is 4.90 Å². The lowest BCUT2D eigenvalue weighted by molar-refractivity contribution is -0.102. The second-order valence-electron chi connectivity index (χ2n) is 4.45. The van der Waals surface area contributed by atoms with Crippen molar-refractivity contribution in [2.24, 2.45) is 0 Å². The quantitative estimate of drug-likeness (QED) is 0.721. The first-order valence-corrected chi connectivity index (χ1v) is 5.56. The third kappa shape index (κ3) is 2.45. The maximum Gasteiger partial charge on any atom is 0.275 e. The van der Waals surface area contributed by atoms with Crippen LogP contribution in [-0.4, -0.2) is 49.2 Å².